The zero-order valence-electron chi connectivity index (χ0n) is 15.5. The van der Waals surface area contributed by atoms with Crippen molar-refractivity contribution in [1.82, 2.24) is 9.99 Å². The van der Waals surface area contributed by atoms with E-state index in [1.54, 1.807) is 18.3 Å². The van der Waals surface area contributed by atoms with E-state index < -0.39 is 0 Å². The standard InChI is InChI=1S/C21H20ClIN4O/c1-14-11-16(15(2)27(14)20-9-5-18(23)6-10-20)12-25-26-21(28)13-24-19-7-3-17(22)4-8-19/h3-12,24H,13H2,1-2H3,(H,26,28)/b25-12-. The first kappa shape index (κ1) is 20.4. The van der Waals surface area contributed by atoms with E-state index in [0.29, 0.717) is 5.02 Å². The van der Waals surface area contributed by atoms with Crippen LogP contribution in [0.1, 0.15) is 17.0 Å². The summed E-state index contributed by atoms with van der Waals surface area (Å²) in [6.07, 6.45) is 1.67. The number of rotatable bonds is 6. The van der Waals surface area contributed by atoms with E-state index >= 15 is 0 Å². The van der Waals surface area contributed by atoms with Gasteiger partial charge in [-0.3, -0.25) is 4.79 Å². The molecule has 0 unspecified atom stereocenters. The van der Waals surface area contributed by atoms with E-state index in [1.807, 2.05) is 19.1 Å². The Hall–Kier alpha value is -2.32. The minimum atomic E-state index is -0.224. The van der Waals surface area contributed by atoms with Gasteiger partial charge in [-0.25, -0.2) is 5.43 Å². The molecular formula is C21H20ClIN4O. The number of hydrogen-bond donors (Lipinski definition) is 2. The largest absolute Gasteiger partial charge is 0.376 e. The first-order chi connectivity index (χ1) is 13.4. The number of aryl methyl sites for hydroxylation is 1. The number of amides is 1. The van der Waals surface area contributed by atoms with Crippen molar-refractivity contribution in [3.8, 4) is 5.69 Å². The second-order valence-corrected chi connectivity index (χ2v) is 7.97. The maximum absolute atomic E-state index is 12.0. The highest BCUT2D eigenvalue weighted by Gasteiger charge is 2.09. The van der Waals surface area contributed by atoms with Crippen LogP contribution in [0.3, 0.4) is 0 Å². The number of halogens is 2. The van der Waals surface area contributed by atoms with E-state index in [0.717, 1.165) is 28.3 Å². The zero-order valence-corrected chi connectivity index (χ0v) is 18.5. The Morgan fingerprint density at radius 3 is 2.50 bits per heavy atom. The Balaban J connectivity index is 1.61. The summed E-state index contributed by atoms with van der Waals surface area (Å²) in [6.45, 7) is 4.22. The van der Waals surface area contributed by atoms with Crippen molar-refractivity contribution < 1.29 is 4.79 Å². The molecule has 0 aliphatic carbocycles. The van der Waals surface area contributed by atoms with Crippen LogP contribution < -0.4 is 10.7 Å². The normalized spacial score (nSPS) is 11.0. The maximum atomic E-state index is 12.0. The van der Waals surface area contributed by atoms with Crippen molar-refractivity contribution >= 4 is 52.0 Å². The number of benzene rings is 2. The summed E-state index contributed by atoms with van der Waals surface area (Å²) in [5, 5.41) is 7.77. The molecule has 0 aliphatic rings. The molecule has 1 aromatic heterocycles. The molecule has 5 nitrogen and oxygen atoms in total. The molecule has 3 rings (SSSR count). The van der Waals surface area contributed by atoms with Gasteiger partial charge in [-0.2, -0.15) is 5.10 Å². The number of nitrogens with one attached hydrogen (secondary N) is 2. The van der Waals surface area contributed by atoms with Gasteiger partial charge in [0.15, 0.2) is 0 Å². The smallest absolute Gasteiger partial charge is 0.259 e. The van der Waals surface area contributed by atoms with Crippen molar-refractivity contribution in [2.75, 3.05) is 11.9 Å². The third kappa shape index (κ3) is 5.14. The van der Waals surface area contributed by atoms with Gasteiger partial charge in [0.1, 0.15) is 0 Å². The molecule has 0 radical (unpaired) electrons. The number of hydrazone groups is 1. The van der Waals surface area contributed by atoms with Crippen molar-refractivity contribution in [3.63, 3.8) is 0 Å². The van der Waals surface area contributed by atoms with Crippen LogP contribution in [-0.2, 0) is 4.79 Å². The molecule has 28 heavy (non-hydrogen) atoms. The van der Waals surface area contributed by atoms with Crippen molar-refractivity contribution in [2.24, 2.45) is 5.10 Å². The van der Waals surface area contributed by atoms with Crippen molar-refractivity contribution in [2.45, 2.75) is 13.8 Å². The summed E-state index contributed by atoms with van der Waals surface area (Å²) in [5.74, 6) is -0.224. The van der Waals surface area contributed by atoms with E-state index in [2.05, 4.69) is 80.3 Å². The minimum Gasteiger partial charge on any atom is -0.376 e. The monoisotopic (exact) mass is 506 g/mol. The molecule has 2 N–H and O–H groups in total. The van der Waals surface area contributed by atoms with Crippen LogP contribution in [0.5, 0.6) is 0 Å². The lowest BCUT2D eigenvalue weighted by Crippen LogP contribution is -2.25. The van der Waals surface area contributed by atoms with Gasteiger partial charge < -0.3 is 9.88 Å². The highest BCUT2D eigenvalue weighted by Crippen LogP contribution is 2.20. The topological polar surface area (TPSA) is 58.4 Å². The Kier molecular flexibility index (Phi) is 6.74. The maximum Gasteiger partial charge on any atom is 0.259 e. The van der Waals surface area contributed by atoms with Crippen LogP contribution in [0.15, 0.2) is 59.7 Å². The molecule has 0 saturated carbocycles. The Labute approximate surface area is 182 Å². The summed E-state index contributed by atoms with van der Waals surface area (Å²) < 4.78 is 3.36. The molecule has 0 fully saturated rings. The van der Waals surface area contributed by atoms with Crippen LogP contribution in [-0.4, -0.2) is 23.2 Å². The average molecular weight is 507 g/mol. The number of anilines is 1. The second-order valence-electron chi connectivity index (χ2n) is 6.29. The van der Waals surface area contributed by atoms with Crippen LogP contribution >= 0.6 is 34.2 Å². The zero-order chi connectivity index (χ0) is 20.1. The van der Waals surface area contributed by atoms with Gasteiger partial charge in [0, 0.05) is 36.9 Å². The van der Waals surface area contributed by atoms with E-state index in [9.17, 15) is 4.79 Å². The van der Waals surface area contributed by atoms with Crippen LogP contribution in [0.25, 0.3) is 5.69 Å². The number of aromatic nitrogens is 1. The minimum absolute atomic E-state index is 0.126. The molecular weight excluding hydrogens is 487 g/mol. The van der Waals surface area contributed by atoms with Crippen LogP contribution in [0.4, 0.5) is 5.69 Å². The molecule has 0 atom stereocenters. The molecule has 1 heterocycles. The van der Waals surface area contributed by atoms with Crippen LogP contribution in [0, 0.1) is 17.4 Å². The number of carbonyl (C=O) groups is 1. The lowest BCUT2D eigenvalue weighted by molar-refractivity contribution is -0.119. The summed E-state index contributed by atoms with van der Waals surface area (Å²) >= 11 is 8.14. The molecule has 2 aromatic carbocycles. The third-order valence-electron chi connectivity index (χ3n) is 4.25. The van der Waals surface area contributed by atoms with Gasteiger partial charge in [-0.05, 0) is 91.0 Å². The first-order valence-electron chi connectivity index (χ1n) is 8.70. The lowest BCUT2D eigenvalue weighted by atomic mass is 10.2. The van der Waals surface area contributed by atoms with E-state index in [1.165, 1.54) is 3.57 Å². The summed E-state index contributed by atoms with van der Waals surface area (Å²) in [5.41, 5.74) is 7.61. The van der Waals surface area contributed by atoms with E-state index in [-0.39, 0.29) is 12.5 Å². The van der Waals surface area contributed by atoms with E-state index in [4.69, 9.17) is 11.6 Å². The molecule has 0 bridgehead atoms. The molecule has 0 saturated heterocycles. The van der Waals surface area contributed by atoms with Gasteiger partial charge in [-0.15, -0.1) is 0 Å². The van der Waals surface area contributed by atoms with Gasteiger partial charge in [0.25, 0.3) is 5.91 Å². The molecule has 0 spiro atoms. The van der Waals surface area contributed by atoms with Gasteiger partial charge in [0.2, 0.25) is 0 Å². The predicted molar refractivity (Wildman–Crippen MR) is 124 cm³/mol. The molecule has 1 amide bonds. The van der Waals surface area contributed by atoms with Crippen molar-refractivity contribution in [3.05, 3.63) is 80.1 Å². The molecule has 0 aliphatic heterocycles. The highest BCUT2D eigenvalue weighted by molar-refractivity contribution is 14.1. The summed E-state index contributed by atoms with van der Waals surface area (Å²) in [4.78, 5) is 12.0. The Bertz CT molecular complexity index is 994. The van der Waals surface area contributed by atoms with Gasteiger partial charge in [-0.1, -0.05) is 11.6 Å². The number of nitrogens with zero attached hydrogens (tertiary/aromatic N) is 2. The highest BCUT2D eigenvalue weighted by atomic mass is 127. The quantitative estimate of drug-likeness (QED) is 0.283. The molecule has 7 heteroatoms. The molecule has 3 aromatic rings. The average Bonchev–Trinajstić information content (AvgIpc) is 2.96. The third-order valence-corrected chi connectivity index (χ3v) is 5.22. The lowest BCUT2D eigenvalue weighted by Gasteiger charge is -2.09. The van der Waals surface area contributed by atoms with Crippen molar-refractivity contribution in [1.29, 1.82) is 0 Å². The number of carbonyl (C=O) groups excluding carboxylic acids is 1. The Morgan fingerprint density at radius 2 is 1.82 bits per heavy atom. The summed E-state index contributed by atoms with van der Waals surface area (Å²) in [6, 6.07) is 17.6. The Morgan fingerprint density at radius 1 is 1.14 bits per heavy atom. The fourth-order valence-corrected chi connectivity index (χ4v) is 3.35. The second kappa shape index (κ2) is 9.25. The van der Waals surface area contributed by atoms with Gasteiger partial charge >= 0.3 is 0 Å². The summed E-state index contributed by atoms with van der Waals surface area (Å²) in [7, 11) is 0. The van der Waals surface area contributed by atoms with Crippen LogP contribution in [0.2, 0.25) is 5.02 Å². The predicted octanol–water partition coefficient (Wildman–Crippen LogP) is 4.91. The fraction of sp³-hybridized carbons (Fsp3) is 0.143. The fourth-order valence-electron chi connectivity index (χ4n) is 2.87. The first-order valence-corrected chi connectivity index (χ1v) is 10.2. The van der Waals surface area contributed by atoms with Gasteiger partial charge in [0.05, 0.1) is 12.8 Å². The molecule has 144 valence electrons. The number of hydrogen-bond acceptors (Lipinski definition) is 3. The SMILES string of the molecule is Cc1cc(/C=N\NC(=O)CNc2ccc(Cl)cc2)c(C)n1-c1ccc(I)cc1.